The van der Waals surface area contributed by atoms with Crippen molar-refractivity contribution in [3.8, 4) is 0 Å². The van der Waals surface area contributed by atoms with Crippen molar-refractivity contribution in [2.45, 2.75) is 44.9 Å². The predicted molar refractivity (Wildman–Crippen MR) is 73.2 cm³/mol. The van der Waals surface area contributed by atoms with Crippen molar-refractivity contribution in [2.75, 3.05) is 0 Å². The first-order valence-corrected chi connectivity index (χ1v) is 6.83. The number of carboxylic acids is 1. The Kier molecular flexibility index (Phi) is 4.57. The Morgan fingerprint density at radius 2 is 2.05 bits per heavy atom. The Morgan fingerprint density at radius 1 is 1.38 bits per heavy atom. The fourth-order valence-corrected chi connectivity index (χ4v) is 2.28. The van der Waals surface area contributed by atoms with Gasteiger partial charge in [0.15, 0.2) is 6.10 Å². The molecule has 5 nitrogen and oxygen atoms in total. The minimum Gasteiger partial charge on any atom is -0.479 e. The van der Waals surface area contributed by atoms with Crippen molar-refractivity contribution in [1.29, 1.82) is 0 Å². The summed E-state index contributed by atoms with van der Waals surface area (Å²) in [5, 5.41) is 11.6. The molecule has 3 unspecified atom stereocenters. The van der Waals surface area contributed by atoms with Crippen LogP contribution in [0.2, 0.25) is 0 Å². The zero-order valence-electron chi connectivity index (χ0n) is 11.9. The molecule has 0 spiro atoms. The Balaban J connectivity index is 1.96. The number of hydrogen-bond acceptors (Lipinski definition) is 3. The van der Waals surface area contributed by atoms with Gasteiger partial charge < -0.3 is 15.2 Å². The van der Waals surface area contributed by atoms with E-state index >= 15 is 0 Å². The molecule has 1 aliphatic rings. The van der Waals surface area contributed by atoms with E-state index in [1.54, 1.807) is 26.0 Å². The third-order valence-electron chi connectivity index (χ3n) is 3.64. The first-order chi connectivity index (χ1) is 9.88. The van der Waals surface area contributed by atoms with Crippen molar-refractivity contribution >= 4 is 11.9 Å². The molecule has 1 aliphatic heterocycles. The number of hydrogen-bond donors (Lipinski definition) is 2. The minimum atomic E-state index is -1.06. The first-order valence-electron chi connectivity index (χ1n) is 6.83. The Hall–Kier alpha value is -1.95. The summed E-state index contributed by atoms with van der Waals surface area (Å²) in [6, 6.07) is 4.41. The Bertz CT molecular complexity index is 561. The zero-order chi connectivity index (χ0) is 15.6. The summed E-state index contributed by atoms with van der Waals surface area (Å²) in [5.41, 5.74) is 1.19. The topological polar surface area (TPSA) is 75.6 Å². The van der Waals surface area contributed by atoms with E-state index in [-0.39, 0.29) is 17.8 Å². The van der Waals surface area contributed by atoms with Crippen molar-refractivity contribution in [1.82, 2.24) is 5.32 Å². The molecule has 0 bridgehead atoms. The predicted octanol–water partition coefficient (Wildman–Crippen LogP) is 1.94. The summed E-state index contributed by atoms with van der Waals surface area (Å²) in [5.74, 6) is -1.75. The van der Waals surface area contributed by atoms with Crippen LogP contribution in [-0.2, 0) is 14.3 Å². The van der Waals surface area contributed by atoms with E-state index in [1.165, 1.54) is 6.07 Å². The lowest BCUT2D eigenvalue weighted by molar-refractivity contribution is -0.151. The van der Waals surface area contributed by atoms with Crippen molar-refractivity contribution in [3.63, 3.8) is 0 Å². The van der Waals surface area contributed by atoms with E-state index < -0.39 is 18.2 Å². The molecule has 114 valence electrons. The average molecular weight is 295 g/mol. The van der Waals surface area contributed by atoms with Gasteiger partial charge >= 0.3 is 5.97 Å². The second-order valence-corrected chi connectivity index (χ2v) is 5.27. The number of carbonyl (C=O) groups excluding carboxylic acids is 1. The third-order valence-corrected chi connectivity index (χ3v) is 3.64. The van der Waals surface area contributed by atoms with Gasteiger partial charge in [0.25, 0.3) is 0 Å². The lowest BCUT2D eigenvalue weighted by Crippen LogP contribution is -2.37. The standard InChI is InChI=1S/C15H18FNO4/c1-8-3-4-10(7-11(8)16)9(2)17-14(18)12-5-6-13(21-12)15(19)20/h3-4,7,9,12-13H,5-6H2,1-2H3,(H,17,18)(H,19,20). The fourth-order valence-electron chi connectivity index (χ4n) is 2.28. The molecule has 21 heavy (non-hydrogen) atoms. The van der Waals surface area contributed by atoms with Gasteiger partial charge in [0.05, 0.1) is 6.04 Å². The maximum atomic E-state index is 13.5. The third kappa shape index (κ3) is 3.58. The van der Waals surface area contributed by atoms with Crippen molar-refractivity contribution < 1.29 is 23.8 Å². The zero-order valence-corrected chi connectivity index (χ0v) is 11.9. The highest BCUT2D eigenvalue weighted by Gasteiger charge is 2.35. The number of carboxylic acid groups (broad SMARTS) is 1. The van der Waals surface area contributed by atoms with Gasteiger partial charge in [-0.3, -0.25) is 4.79 Å². The van der Waals surface area contributed by atoms with Crippen molar-refractivity contribution in [2.24, 2.45) is 0 Å². The number of halogens is 1. The Labute approximate surface area is 122 Å². The van der Waals surface area contributed by atoms with Gasteiger partial charge in [0.2, 0.25) is 5.91 Å². The van der Waals surface area contributed by atoms with E-state index in [9.17, 15) is 14.0 Å². The molecule has 1 saturated heterocycles. The number of nitrogens with one attached hydrogen (secondary N) is 1. The van der Waals surface area contributed by atoms with Crippen LogP contribution in [0.3, 0.4) is 0 Å². The molecule has 3 atom stereocenters. The van der Waals surface area contributed by atoms with Crippen LogP contribution < -0.4 is 5.32 Å². The fraction of sp³-hybridized carbons (Fsp3) is 0.467. The van der Waals surface area contributed by atoms with Crippen LogP contribution >= 0.6 is 0 Å². The molecule has 1 aromatic carbocycles. The van der Waals surface area contributed by atoms with Crippen LogP contribution in [0.1, 0.15) is 36.9 Å². The van der Waals surface area contributed by atoms with Gasteiger partial charge in [0, 0.05) is 0 Å². The second kappa shape index (κ2) is 6.22. The van der Waals surface area contributed by atoms with Crippen LogP contribution in [0.4, 0.5) is 4.39 Å². The molecule has 0 aliphatic carbocycles. The molecular weight excluding hydrogens is 277 g/mol. The van der Waals surface area contributed by atoms with Gasteiger partial charge in [-0.05, 0) is 43.9 Å². The van der Waals surface area contributed by atoms with Crippen LogP contribution in [-0.4, -0.2) is 29.2 Å². The summed E-state index contributed by atoms with van der Waals surface area (Å²) in [4.78, 5) is 22.8. The molecular formula is C15H18FNO4. The van der Waals surface area contributed by atoms with E-state index in [4.69, 9.17) is 9.84 Å². The second-order valence-electron chi connectivity index (χ2n) is 5.27. The molecule has 2 rings (SSSR count). The number of aliphatic carboxylic acids is 1. The molecule has 1 fully saturated rings. The average Bonchev–Trinajstić information content (AvgIpc) is 2.91. The molecule has 1 heterocycles. The van der Waals surface area contributed by atoms with E-state index in [0.717, 1.165) is 0 Å². The van der Waals surface area contributed by atoms with Gasteiger partial charge in [-0.2, -0.15) is 0 Å². The van der Waals surface area contributed by atoms with Crippen LogP contribution in [0.5, 0.6) is 0 Å². The summed E-state index contributed by atoms with van der Waals surface area (Å²) < 4.78 is 18.7. The number of amides is 1. The lowest BCUT2D eigenvalue weighted by Gasteiger charge is -2.18. The van der Waals surface area contributed by atoms with E-state index in [0.29, 0.717) is 24.0 Å². The molecule has 1 aromatic rings. The van der Waals surface area contributed by atoms with Crippen LogP contribution in [0.15, 0.2) is 18.2 Å². The minimum absolute atomic E-state index is 0.320. The SMILES string of the molecule is Cc1ccc(C(C)NC(=O)C2CCC(C(=O)O)O2)cc1F. The summed E-state index contributed by atoms with van der Waals surface area (Å²) >= 11 is 0. The highest BCUT2D eigenvalue weighted by molar-refractivity contribution is 5.83. The van der Waals surface area contributed by atoms with Gasteiger partial charge in [0.1, 0.15) is 11.9 Å². The number of benzene rings is 1. The van der Waals surface area contributed by atoms with Gasteiger partial charge in [-0.1, -0.05) is 12.1 Å². The summed E-state index contributed by atoms with van der Waals surface area (Å²) in [7, 11) is 0. The highest BCUT2D eigenvalue weighted by atomic mass is 19.1. The van der Waals surface area contributed by atoms with Crippen molar-refractivity contribution in [3.05, 3.63) is 35.1 Å². The van der Waals surface area contributed by atoms with E-state index in [1.807, 2.05) is 0 Å². The number of aryl methyl sites for hydroxylation is 1. The van der Waals surface area contributed by atoms with E-state index in [2.05, 4.69) is 5.32 Å². The highest BCUT2D eigenvalue weighted by Crippen LogP contribution is 2.22. The molecule has 0 aromatic heterocycles. The largest absolute Gasteiger partial charge is 0.479 e. The molecule has 0 saturated carbocycles. The normalized spacial score (nSPS) is 22.8. The van der Waals surface area contributed by atoms with Crippen LogP contribution in [0, 0.1) is 12.7 Å². The van der Waals surface area contributed by atoms with Crippen LogP contribution in [0.25, 0.3) is 0 Å². The maximum absolute atomic E-state index is 13.5. The summed E-state index contributed by atoms with van der Waals surface area (Å²) in [6.45, 7) is 3.41. The molecule has 0 radical (unpaired) electrons. The Morgan fingerprint density at radius 3 is 2.62 bits per heavy atom. The van der Waals surface area contributed by atoms with Gasteiger partial charge in [-0.25, -0.2) is 9.18 Å². The first kappa shape index (κ1) is 15.4. The van der Waals surface area contributed by atoms with Gasteiger partial charge in [-0.15, -0.1) is 0 Å². The molecule has 1 amide bonds. The number of ether oxygens (including phenoxy) is 1. The quantitative estimate of drug-likeness (QED) is 0.890. The number of carbonyl (C=O) groups is 2. The lowest BCUT2D eigenvalue weighted by atomic mass is 10.1. The smallest absolute Gasteiger partial charge is 0.332 e. The molecule has 6 heteroatoms. The maximum Gasteiger partial charge on any atom is 0.332 e. The molecule has 2 N–H and O–H groups in total. The summed E-state index contributed by atoms with van der Waals surface area (Å²) in [6.07, 6.45) is -0.990. The monoisotopic (exact) mass is 295 g/mol. The number of rotatable bonds is 4.